The summed E-state index contributed by atoms with van der Waals surface area (Å²) in [5.41, 5.74) is 5.34. The Morgan fingerprint density at radius 3 is 2.71 bits per heavy atom. The fourth-order valence-electron chi connectivity index (χ4n) is 0.511. The fraction of sp³-hybridized carbons (Fsp3) is 0.750. The first-order valence-corrected chi connectivity index (χ1v) is 4.30. The van der Waals surface area contributed by atoms with Gasteiger partial charge >= 0.3 is 47.9 Å². The normalized spacial score (nSPS) is 31.6. The Morgan fingerprint density at radius 1 is 1.86 bits per heavy atom. The van der Waals surface area contributed by atoms with Crippen molar-refractivity contribution in [3.05, 3.63) is 0 Å². The molecule has 1 fully saturated rings. The van der Waals surface area contributed by atoms with Gasteiger partial charge in [0.2, 0.25) is 0 Å². The maximum atomic E-state index is 10.5. The summed E-state index contributed by atoms with van der Waals surface area (Å²) in [4.78, 5) is 10.5. The molecule has 1 rings (SSSR count). The van der Waals surface area contributed by atoms with Crippen molar-refractivity contribution in [2.75, 3.05) is 0 Å². The zero-order valence-corrected chi connectivity index (χ0v) is 5.60. The van der Waals surface area contributed by atoms with Crippen molar-refractivity contribution in [1.29, 1.82) is 0 Å². The van der Waals surface area contributed by atoms with Crippen molar-refractivity contribution >= 4 is 19.6 Å². The average molecular weight is 164 g/mol. The number of rotatable bonds is 0. The van der Waals surface area contributed by atoms with Crippen molar-refractivity contribution in [2.45, 2.75) is 17.8 Å². The predicted molar refractivity (Wildman–Crippen MR) is 28.2 cm³/mol. The first kappa shape index (κ1) is 5.29. The molecule has 2 nitrogen and oxygen atoms in total. The van der Waals surface area contributed by atoms with Gasteiger partial charge in [0.25, 0.3) is 0 Å². The molecule has 0 aromatic carbocycles. The number of nitrogens with two attached hydrogens (primary N) is 1. The summed E-state index contributed by atoms with van der Waals surface area (Å²) in [6.45, 7) is 0. The van der Waals surface area contributed by atoms with Crippen LogP contribution in [0.2, 0.25) is 5.32 Å². The van der Waals surface area contributed by atoms with Crippen LogP contribution < -0.4 is 5.73 Å². The monoisotopic (exact) mass is 165 g/mol. The Hall–Kier alpha value is 0.149. The molecule has 0 unspecified atom stereocenters. The van der Waals surface area contributed by atoms with Crippen LogP contribution in [0.3, 0.4) is 0 Å². The van der Waals surface area contributed by atoms with E-state index in [0.29, 0.717) is 4.68 Å². The van der Waals surface area contributed by atoms with Crippen LogP contribution in [0.4, 0.5) is 0 Å². The summed E-state index contributed by atoms with van der Waals surface area (Å²) in [5, 5.41) is 1.06. The van der Waals surface area contributed by atoms with Gasteiger partial charge in [0.15, 0.2) is 0 Å². The summed E-state index contributed by atoms with van der Waals surface area (Å²) in [6, 6.07) is -0.0972. The van der Waals surface area contributed by atoms with E-state index in [9.17, 15) is 4.79 Å². The summed E-state index contributed by atoms with van der Waals surface area (Å²) >= 11 is 0.236. The average Bonchev–Trinajstić information content (AvgIpc) is 1.91. The molecule has 7 heavy (non-hydrogen) atoms. The second-order valence-electron chi connectivity index (χ2n) is 1.56. The molecule has 0 aromatic rings. The Morgan fingerprint density at radius 2 is 2.57 bits per heavy atom. The Balaban J connectivity index is 2.48. The van der Waals surface area contributed by atoms with Crippen LogP contribution in [-0.2, 0) is 4.79 Å². The van der Waals surface area contributed by atoms with E-state index in [1.54, 1.807) is 0 Å². The summed E-state index contributed by atoms with van der Waals surface area (Å²) in [7, 11) is 0. The van der Waals surface area contributed by atoms with Crippen LogP contribution in [0.1, 0.15) is 6.42 Å². The summed E-state index contributed by atoms with van der Waals surface area (Å²) in [5.74, 6) is 0. The number of carbonyl (C=O) groups excluding carboxylic acids is 1. The Bertz CT molecular complexity index is 93.7. The van der Waals surface area contributed by atoms with Gasteiger partial charge in [-0.25, -0.2) is 0 Å². The quantitative estimate of drug-likeness (QED) is 0.484. The second-order valence-corrected chi connectivity index (χ2v) is 3.87. The Labute approximate surface area is 48.6 Å². The van der Waals surface area contributed by atoms with Gasteiger partial charge in [-0.1, -0.05) is 0 Å². The van der Waals surface area contributed by atoms with E-state index in [1.807, 2.05) is 0 Å². The zero-order valence-electron chi connectivity index (χ0n) is 3.89. The van der Waals surface area contributed by atoms with E-state index in [0.717, 1.165) is 11.7 Å². The van der Waals surface area contributed by atoms with E-state index in [4.69, 9.17) is 5.73 Å². The molecule has 0 aliphatic carbocycles. The third-order valence-electron chi connectivity index (χ3n) is 0.976. The van der Waals surface area contributed by atoms with E-state index >= 15 is 0 Å². The van der Waals surface area contributed by atoms with Gasteiger partial charge in [-0.15, -0.1) is 0 Å². The van der Waals surface area contributed by atoms with Crippen LogP contribution in [0, 0.1) is 0 Å². The SMILES string of the molecule is N[C@H]1CC[Se]C1=O. The van der Waals surface area contributed by atoms with Crippen molar-refractivity contribution in [3.8, 4) is 0 Å². The van der Waals surface area contributed by atoms with E-state index in [-0.39, 0.29) is 21.0 Å². The fourth-order valence-corrected chi connectivity index (χ4v) is 2.41. The Kier molecular flexibility index (Phi) is 1.47. The molecule has 1 atom stereocenters. The molecule has 1 heterocycles. The summed E-state index contributed by atoms with van der Waals surface area (Å²) < 4.78 is 0.299. The van der Waals surface area contributed by atoms with Crippen molar-refractivity contribution in [3.63, 3.8) is 0 Å². The molecule has 2 N–H and O–H groups in total. The standard InChI is InChI=1S/C4H7NOSe/c5-3-1-2-7-4(3)6/h3H,1-2,5H2/t3-/m0/s1. The molecular formula is C4H7NOSe. The van der Waals surface area contributed by atoms with Gasteiger partial charge in [-0.05, 0) is 0 Å². The number of hydrogen-bond donors (Lipinski definition) is 1. The molecule has 40 valence electrons. The first-order chi connectivity index (χ1) is 3.30. The third kappa shape index (κ3) is 1.03. The molecule has 1 aliphatic rings. The minimum absolute atomic E-state index is 0.0972. The van der Waals surface area contributed by atoms with Crippen molar-refractivity contribution in [1.82, 2.24) is 0 Å². The molecule has 0 radical (unpaired) electrons. The van der Waals surface area contributed by atoms with Crippen molar-refractivity contribution in [2.24, 2.45) is 5.73 Å². The number of hydrogen-bond acceptors (Lipinski definition) is 2. The van der Waals surface area contributed by atoms with Crippen LogP contribution >= 0.6 is 0 Å². The van der Waals surface area contributed by atoms with Gasteiger partial charge < -0.3 is 0 Å². The van der Waals surface area contributed by atoms with Gasteiger partial charge in [0.1, 0.15) is 0 Å². The second kappa shape index (κ2) is 1.95. The van der Waals surface area contributed by atoms with Crippen LogP contribution in [0.25, 0.3) is 0 Å². The van der Waals surface area contributed by atoms with Crippen LogP contribution in [0.5, 0.6) is 0 Å². The first-order valence-electron chi connectivity index (χ1n) is 2.23. The van der Waals surface area contributed by atoms with Gasteiger partial charge in [0.05, 0.1) is 0 Å². The molecule has 0 aromatic heterocycles. The van der Waals surface area contributed by atoms with Gasteiger partial charge in [0, 0.05) is 0 Å². The topological polar surface area (TPSA) is 43.1 Å². The molecule has 0 amide bonds. The molecular weight excluding hydrogens is 157 g/mol. The van der Waals surface area contributed by atoms with Crippen molar-refractivity contribution < 1.29 is 4.79 Å². The predicted octanol–water partition coefficient (Wildman–Crippen LogP) is -0.634. The summed E-state index contributed by atoms with van der Waals surface area (Å²) in [6.07, 6.45) is 0.929. The molecule has 1 saturated heterocycles. The van der Waals surface area contributed by atoms with Gasteiger partial charge in [-0.2, -0.15) is 0 Å². The minimum atomic E-state index is -0.0972. The molecule has 0 saturated carbocycles. The maximum absolute atomic E-state index is 10.5. The zero-order chi connectivity index (χ0) is 5.28. The number of carbonyl (C=O) groups is 1. The van der Waals surface area contributed by atoms with Crippen LogP contribution in [0.15, 0.2) is 0 Å². The van der Waals surface area contributed by atoms with Gasteiger partial charge in [-0.3, -0.25) is 0 Å². The molecule has 1 aliphatic heterocycles. The van der Waals surface area contributed by atoms with Crippen LogP contribution in [-0.4, -0.2) is 25.7 Å². The molecule has 0 spiro atoms. The van der Waals surface area contributed by atoms with E-state index in [1.165, 1.54) is 0 Å². The van der Waals surface area contributed by atoms with E-state index < -0.39 is 0 Å². The molecule has 3 heteroatoms. The molecule has 0 bridgehead atoms. The van der Waals surface area contributed by atoms with E-state index in [2.05, 4.69) is 0 Å². The third-order valence-corrected chi connectivity index (χ3v) is 3.13.